The summed E-state index contributed by atoms with van der Waals surface area (Å²) in [6, 6.07) is -1.44. The number of amides is 2. The van der Waals surface area contributed by atoms with Gasteiger partial charge < -0.3 is 21.1 Å². The molecule has 5 N–H and O–H groups in total. The van der Waals surface area contributed by atoms with Crippen LogP contribution in [0.3, 0.4) is 0 Å². The van der Waals surface area contributed by atoms with Crippen LogP contribution in [0.4, 0.5) is 0 Å². The van der Waals surface area contributed by atoms with Gasteiger partial charge in [-0.3, -0.25) is 14.4 Å². The number of carboxylic acid groups (broad SMARTS) is 1. The Kier molecular flexibility index (Phi) is 4.13. The van der Waals surface area contributed by atoms with Crippen molar-refractivity contribution in [3.63, 3.8) is 0 Å². The predicted octanol–water partition coefficient (Wildman–Crippen LogP) is -2.17. The maximum atomic E-state index is 11.5. The molecule has 1 unspecified atom stereocenters. The van der Waals surface area contributed by atoms with Crippen molar-refractivity contribution in [2.45, 2.75) is 12.5 Å². The van der Waals surface area contributed by atoms with Crippen molar-refractivity contribution in [3.05, 3.63) is 28.4 Å². The van der Waals surface area contributed by atoms with Gasteiger partial charge in [0.1, 0.15) is 11.7 Å². The van der Waals surface area contributed by atoms with Gasteiger partial charge >= 0.3 is 5.97 Å². The van der Waals surface area contributed by atoms with Crippen LogP contribution in [-0.4, -0.2) is 38.9 Å². The molecule has 0 radical (unpaired) electrons. The van der Waals surface area contributed by atoms with Crippen LogP contribution in [0.15, 0.2) is 17.2 Å². The van der Waals surface area contributed by atoms with E-state index in [0.717, 1.165) is 12.4 Å². The molecule has 1 aromatic rings. The normalized spacial score (nSPS) is 11.6. The topological polar surface area (TPSA) is 155 Å². The summed E-state index contributed by atoms with van der Waals surface area (Å²) in [7, 11) is 0. The SMILES string of the molecule is NC(=O)CC(NC(=O)c1c[nH]c(=O)cn1)C(=O)O. The third-order valence-electron chi connectivity index (χ3n) is 1.91. The molecule has 0 saturated heterocycles. The van der Waals surface area contributed by atoms with Crippen molar-refractivity contribution in [3.8, 4) is 0 Å². The van der Waals surface area contributed by atoms with E-state index in [1.165, 1.54) is 0 Å². The molecule has 2 amide bonds. The number of nitrogens with two attached hydrogens (primary N) is 1. The Morgan fingerprint density at radius 3 is 2.61 bits per heavy atom. The highest BCUT2D eigenvalue weighted by molar-refractivity contribution is 5.95. The van der Waals surface area contributed by atoms with Crippen molar-refractivity contribution >= 4 is 17.8 Å². The van der Waals surface area contributed by atoms with E-state index in [0.29, 0.717) is 0 Å². The largest absolute Gasteiger partial charge is 0.480 e. The second-order valence-electron chi connectivity index (χ2n) is 3.33. The van der Waals surface area contributed by atoms with Gasteiger partial charge in [-0.25, -0.2) is 9.78 Å². The number of carbonyl (C=O) groups is 3. The summed E-state index contributed by atoms with van der Waals surface area (Å²) in [5.74, 6) is -3.09. The average Bonchev–Trinajstić information content (AvgIpc) is 2.28. The summed E-state index contributed by atoms with van der Waals surface area (Å²) < 4.78 is 0. The number of nitrogens with one attached hydrogen (secondary N) is 2. The molecule has 0 fully saturated rings. The monoisotopic (exact) mass is 254 g/mol. The molecule has 96 valence electrons. The molecule has 1 aromatic heterocycles. The molecular formula is C9H10N4O5. The second kappa shape index (κ2) is 5.57. The third-order valence-corrected chi connectivity index (χ3v) is 1.91. The van der Waals surface area contributed by atoms with E-state index < -0.39 is 35.8 Å². The Labute approximate surface area is 100 Å². The summed E-state index contributed by atoms with van der Waals surface area (Å²) >= 11 is 0. The van der Waals surface area contributed by atoms with E-state index in [2.05, 4.69) is 15.3 Å². The Morgan fingerprint density at radius 2 is 2.17 bits per heavy atom. The number of nitrogens with zero attached hydrogens (tertiary/aromatic N) is 1. The first-order valence-corrected chi connectivity index (χ1v) is 4.77. The van der Waals surface area contributed by atoms with Gasteiger partial charge in [-0.05, 0) is 0 Å². The highest BCUT2D eigenvalue weighted by atomic mass is 16.4. The molecule has 1 rings (SSSR count). The van der Waals surface area contributed by atoms with E-state index in [9.17, 15) is 19.2 Å². The van der Waals surface area contributed by atoms with Gasteiger partial charge in [0.05, 0.1) is 12.6 Å². The number of hydrogen-bond acceptors (Lipinski definition) is 5. The molecule has 0 spiro atoms. The van der Waals surface area contributed by atoms with E-state index in [4.69, 9.17) is 10.8 Å². The summed E-state index contributed by atoms with van der Waals surface area (Å²) in [5, 5.41) is 10.8. The lowest BCUT2D eigenvalue weighted by molar-refractivity contribution is -0.140. The lowest BCUT2D eigenvalue weighted by Crippen LogP contribution is -2.43. The van der Waals surface area contributed by atoms with Crippen LogP contribution in [0.1, 0.15) is 16.9 Å². The Morgan fingerprint density at radius 1 is 1.50 bits per heavy atom. The third kappa shape index (κ3) is 3.70. The fourth-order valence-electron chi connectivity index (χ4n) is 1.10. The fraction of sp³-hybridized carbons (Fsp3) is 0.222. The minimum atomic E-state index is -1.44. The summed E-state index contributed by atoms with van der Waals surface area (Å²) in [5.41, 5.74) is 4.17. The van der Waals surface area contributed by atoms with Crippen molar-refractivity contribution in [1.82, 2.24) is 15.3 Å². The van der Waals surface area contributed by atoms with Gasteiger partial charge in [-0.2, -0.15) is 0 Å². The van der Waals surface area contributed by atoms with Crippen LogP contribution in [0.5, 0.6) is 0 Å². The van der Waals surface area contributed by atoms with Crippen molar-refractivity contribution in [2.24, 2.45) is 5.73 Å². The van der Waals surface area contributed by atoms with Crippen molar-refractivity contribution in [2.75, 3.05) is 0 Å². The molecule has 0 bridgehead atoms. The number of carbonyl (C=O) groups excluding carboxylic acids is 2. The number of aromatic amines is 1. The number of H-pyrrole nitrogens is 1. The van der Waals surface area contributed by atoms with Gasteiger partial charge in [0, 0.05) is 6.20 Å². The number of rotatable bonds is 5. The summed E-state index contributed by atoms with van der Waals surface area (Å²) in [6.07, 6.45) is 1.37. The first-order chi connectivity index (χ1) is 8.40. The predicted molar refractivity (Wildman–Crippen MR) is 57.6 cm³/mol. The maximum absolute atomic E-state index is 11.5. The van der Waals surface area contributed by atoms with E-state index in [-0.39, 0.29) is 5.69 Å². The van der Waals surface area contributed by atoms with Crippen LogP contribution < -0.4 is 16.6 Å². The van der Waals surface area contributed by atoms with Gasteiger partial charge in [-0.15, -0.1) is 0 Å². The molecule has 0 aliphatic carbocycles. The fourth-order valence-corrected chi connectivity index (χ4v) is 1.10. The molecule has 9 heteroatoms. The van der Waals surface area contributed by atoms with Crippen LogP contribution in [0, 0.1) is 0 Å². The number of hydrogen-bond donors (Lipinski definition) is 4. The molecule has 0 aliphatic rings. The minimum Gasteiger partial charge on any atom is -0.480 e. The number of primary amides is 1. The van der Waals surface area contributed by atoms with E-state index in [1.807, 2.05) is 0 Å². The first-order valence-electron chi connectivity index (χ1n) is 4.77. The summed E-state index contributed by atoms with van der Waals surface area (Å²) in [6.45, 7) is 0. The first kappa shape index (κ1) is 13.4. The molecule has 1 atom stereocenters. The standard InChI is InChI=1S/C9H10N4O5/c10-6(14)1-4(9(17)18)13-8(16)5-2-12-7(15)3-11-5/h2-4H,1H2,(H2,10,14)(H,12,15)(H,13,16)(H,17,18). The lowest BCUT2D eigenvalue weighted by atomic mass is 10.2. The van der Waals surface area contributed by atoms with E-state index in [1.54, 1.807) is 0 Å². The zero-order chi connectivity index (χ0) is 13.7. The molecule has 18 heavy (non-hydrogen) atoms. The van der Waals surface area contributed by atoms with Gasteiger partial charge in [0.15, 0.2) is 0 Å². The van der Waals surface area contributed by atoms with Gasteiger partial charge in [0.2, 0.25) is 5.91 Å². The zero-order valence-corrected chi connectivity index (χ0v) is 9.04. The number of aliphatic carboxylic acids is 1. The van der Waals surface area contributed by atoms with Crippen molar-refractivity contribution < 1.29 is 19.5 Å². The highest BCUT2D eigenvalue weighted by Crippen LogP contribution is 1.95. The average molecular weight is 254 g/mol. The number of aromatic nitrogens is 2. The molecule has 0 aliphatic heterocycles. The second-order valence-corrected chi connectivity index (χ2v) is 3.33. The van der Waals surface area contributed by atoms with Crippen LogP contribution in [0.25, 0.3) is 0 Å². The minimum absolute atomic E-state index is 0.176. The smallest absolute Gasteiger partial charge is 0.326 e. The van der Waals surface area contributed by atoms with Crippen LogP contribution >= 0.6 is 0 Å². The van der Waals surface area contributed by atoms with E-state index >= 15 is 0 Å². The molecule has 9 nitrogen and oxygen atoms in total. The van der Waals surface area contributed by atoms with Gasteiger partial charge in [0.25, 0.3) is 11.5 Å². The van der Waals surface area contributed by atoms with Crippen molar-refractivity contribution in [1.29, 1.82) is 0 Å². The molecular weight excluding hydrogens is 244 g/mol. The highest BCUT2D eigenvalue weighted by Gasteiger charge is 2.23. The Balaban J connectivity index is 2.78. The summed E-state index contributed by atoms with van der Waals surface area (Å²) in [4.78, 5) is 49.3. The van der Waals surface area contributed by atoms with Crippen LogP contribution in [-0.2, 0) is 9.59 Å². The van der Waals surface area contributed by atoms with Gasteiger partial charge in [-0.1, -0.05) is 0 Å². The number of carboxylic acids is 1. The molecule has 0 saturated carbocycles. The Hall–Kier alpha value is -2.71. The molecule has 1 heterocycles. The quantitative estimate of drug-likeness (QED) is 0.468. The maximum Gasteiger partial charge on any atom is 0.326 e. The molecule has 0 aromatic carbocycles. The van der Waals surface area contributed by atoms with Crippen LogP contribution in [0.2, 0.25) is 0 Å². The Bertz CT molecular complexity index is 518. The zero-order valence-electron chi connectivity index (χ0n) is 9.04. The lowest BCUT2D eigenvalue weighted by Gasteiger charge is -2.11.